The Labute approximate surface area is 283 Å². The van der Waals surface area contributed by atoms with E-state index in [-0.39, 0.29) is 20.1 Å². The van der Waals surface area contributed by atoms with E-state index in [1.807, 2.05) is 60.0 Å². The predicted octanol–water partition coefficient (Wildman–Crippen LogP) is 10.9. The third kappa shape index (κ3) is 4.51. The third-order valence-corrected chi connectivity index (χ3v) is 9.69. The molecule has 5 heteroatoms. The van der Waals surface area contributed by atoms with Crippen molar-refractivity contribution in [1.82, 2.24) is 14.4 Å². The van der Waals surface area contributed by atoms with Crippen molar-refractivity contribution in [1.29, 1.82) is 0 Å². The minimum absolute atomic E-state index is 0. The summed E-state index contributed by atoms with van der Waals surface area (Å²) in [4.78, 5) is 8.87. The van der Waals surface area contributed by atoms with Gasteiger partial charge in [0.05, 0.1) is 5.52 Å². The molecule has 0 fully saturated rings. The Morgan fingerprint density at radius 3 is 2.22 bits per heavy atom. The maximum Gasteiger partial charge on any atom is 0.0524 e. The van der Waals surface area contributed by atoms with Gasteiger partial charge in [-0.1, -0.05) is 66.0 Å². The van der Waals surface area contributed by atoms with Gasteiger partial charge in [-0.05, 0) is 59.0 Å². The maximum atomic E-state index is 4.65. The number of nitrogens with zero attached hydrogens (tertiary/aromatic N) is 3. The largest absolute Gasteiger partial charge is 0.350 e. The molecule has 10 rings (SSSR count). The van der Waals surface area contributed by atoms with Gasteiger partial charge in [0.25, 0.3) is 0 Å². The number of benzene rings is 5. The van der Waals surface area contributed by atoms with Crippen LogP contribution in [0.5, 0.6) is 0 Å². The van der Waals surface area contributed by atoms with Crippen molar-refractivity contribution in [3.63, 3.8) is 0 Å². The Morgan fingerprint density at radius 1 is 0.609 bits per heavy atom. The second-order valence-electron chi connectivity index (χ2n) is 11.3. The van der Waals surface area contributed by atoms with E-state index in [2.05, 4.69) is 112 Å². The summed E-state index contributed by atoms with van der Waals surface area (Å²) in [6.45, 7) is 2.07. The molecule has 5 aromatic heterocycles. The predicted molar refractivity (Wildman–Crippen MR) is 189 cm³/mol. The van der Waals surface area contributed by atoms with Crippen LogP contribution in [-0.2, 0) is 20.1 Å². The van der Waals surface area contributed by atoms with Gasteiger partial charge in [0, 0.05) is 69.0 Å². The first-order valence-electron chi connectivity index (χ1n) is 15.0. The fourth-order valence-corrected chi connectivity index (χ4v) is 7.72. The number of para-hydroxylation sites is 1. The van der Waals surface area contributed by atoms with E-state index in [9.17, 15) is 0 Å². The molecule has 5 aromatic carbocycles. The summed E-state index contributed by atoms with van der Waals surface area (Å²) in [6, 6.07) is 48.9. The summed E-state index contributed by atoms with van der Waals surface area (Å²) in [7, 11) is 0. The first-order valence-corrected chi connectivity index (χ1v) is 15.8. The van der Waals surface area contributed by atoms with Crippen molar-refractivity contribution in [3.05, 3.63) is 151 Å². The SMILES string of the molecule is Cc1ccc(-c2[c-]cc3c(c2)c2cc4sc5ccccc5c4c4c5ccccc5n3c24)nc1.[Ir].[c-]1ccccc1-c1ccccn1. The van der Waals surface area contributed by atoms with Crippen LogP contribution in [0.2, 0.25) is 0 Å². The molecular formula is C41H25IrN3S-2. The van der Waals surface area contributed by atoms with Gasteiger partial charge in [-0.2, -0.15) is 0 Å². The van der Waals surface area contributed by atoms with Crippen molar-refractivity contribution in [2.75, 3.05) is 0 Å². The zero-order valence-electron chi connectivity index (χ0n) is 24.8. The topological polar surface area (TPSA) is 30.2 Å². The van der Waals surface area contributed by atoms with Gasteiger partial charge in [-0.25, -0.2) is 0 Å². The molecule has 0 aliphatic carbocycles. The molecule has 0 aliphatic rings. The molecule has 0 saturated heterocycles. The summed E-state index contributed by atoms with van der Waals surface area (Å²) >= 11 is 1.89. The van der Waals surface area contributed by atoms with Crippen molar-refractivity contribution in [2.24, 2.45) is 0 Å². The van der Waals surface area contributed by atoms with Gasteiger partial charge >= 0.3 is 0 Å². The minimum atomic E-state index is 0. The van der Waals surface area contributed by atoms with Gasteiger partial charge in [0.15, 0.2) is 0 Å². The monoisotopic (exact) mass is 784 g/mol. The Hall–Kier alpha value is -4.93. The molecule has 0 aliphatic heterocycles. The van der Waals surface area contributed by atoms with Crippen LogP contribution in [-0.4, -0.2) is 14.4 Å². The van der Waals surface area contributed by atoms with Crippen LogP contribution in [0.4, 0.5) is 0 Å². The van der Waals surface area contributed by atoms with E-state index < -0.39 is 0 Å². The average molecular weight is 784 g/mol. The van der Waals surface area contributed by atoms with Crippen molar-refractivity contribution < 1.29 is 20.1 Å². The molecular weight excluding hydrogens is 759 g/mol. The number of fused-ring (bicyclic) bond motifs is 10. The van der Waals surface area contributed by atoms with Crippen LogP contribution in [0.1, 0.15) is 5.56 Å². The standard InChI is InChI=1S/C30H17N2S.C11H8N.Ir/c1-17-10-12-23(31-16-17)18-11-13-25-21(14-18)22-15-27-28(20-7-3-5-9-26(20)33-27)29-19-6-2-4-8-24(19)32(25)30(22)29;1-2-6-10(7-3-1)11-8-4-5-9-12-11;/h2-10,12-16H,1H3;1-6,8-9H;/q2*-1;. The van der Waals surface area contributed by atoms with Crippen molar-refractivity contribution >= 4 is 69.6 Å². The van der Waals surface area contributed by atoms with Crippen LogP contribution >= 0.6 is 11.3 Å². The molecule has 10 aromatic rings. The Kier molecular flexibility index (Phi) is 7.11. The van der Waals surface area contributed by atoms with E-state index in [0.717, 1.165) is 22.5 Å². The molecule has 0 unspecified atom stereocenters. The normalized spacial score (nSPS) is 11.4. The van der Waals surface area contributed by atoms with Crippen LogP contribution in [0.15, 0.2) is 134 Å². The second-order valence-corrected chi connectivity index (χ2v) is 12.4. The number of aryl methyl sites for hydroxylation is 1. The molecule has 0 N–H and O–H groups in total. The van der Waals surface area contributed by atoms with Gasteiger partial charge in [-0.15, -0.1) is 71.0 Å². The number of rotatable bonds is 2. The smallest absolute Gasteiger partial charge is 0.0524 e. The molecule has 5 heterocycles. The molecule has 0 saturated carbocycles. The van der Waals surface area contributed by atoms with Crippen LogP contribution < -0.4 is 0 Å². The van der Waals surface area contributed by atoms with E-state index in [1.165, 1.54) is 63.8 Å². The Bertz CT molecular complexity index is 2600. The first kappa shape index (κ1) is 28.5. The molecule has 0 atom stereocenters. The van der Waals surface area contributed by atoms with Gasteiger partial charge in [0.2, 0.25) is 0 Å². The first-order chi connectivity index (χ1) is 22.2. The molecule has 46 heavy (non-hydrogen) atoms. The minimum Gasteiger partial charge on any atom is -0.350 e. The quantitative estimate of drug-likeness (QED) is 0.164. The molecule has 0 bridgehead atoms. The van der Waals surface area contributed by atoms with E-state index in [4.69, 9.17) is 0 Å². The number of aromatic nitrogens is 3. The van der Waals surface area contributed by atoms with Crippen LogP contribution in [0.25, 0.3) is 80.8 Å². The number of hydrogen-bond acceptors (Lipinski definition) is 3. The van der Waals surface area contributed by atoms with E-state index in [1.54, 1.807) is 6.20 Å². The molecule has 221 valence electrons. The molecule has 1 radical (unpaired) electrons. The third-order valence-electron chi connectivity index (χ3n) is 8.58. The molecule has 0 amide bonds. The number of pyridine rings is 2. The summed E-state index contributed by atoms with van der Waals surface area (Å²) in [5.41, 5.74) is 8.94. The zero-order chi connectivity index (χ0) is 29.9. The summed E-state index contributed by atoms with van der Waals surface area (Å²) < 4.78 is 5.12. The second kappa shape index (κ2) is 11.5. The molecule has 0 spiro atoms. The zero-order valence-corrected chi connectivity index (χ0v) is 28.0. The van der Waals surface area contributed by atoms with Gasteiger partial charge in [-0.3, -0.25) is 0 Å². The van der Waals surface area contributed by atoms with E-state index in [0.29, 0.717) is 0 Å². The maximum absolute atomic E-state index is 4.65. The average Bonchev–Trinajstić information content (AvgIpc) is 3.75. The summed E-state index contributed by atoms with van der Waals surface area (Å²) in [5.74, 6) is 0. The summed E-state index contributed by atoms with van der Waals surface area (Å²) in [5, 5.41) is 7.97. The Balaban J connectivity index is 0.000000204. The fourth-order valence-electron chi connectivity index (χ4n) is 6.56. The Morgan fingerprint density at radius 2 is 1.41 bits per heavy atom. The van der Waals surface area contributed by atoms with Crippen molar-refractivity contribution in [2.45, 2.75) is 6.92 Å². The number of thiophene rings is 1. The van der Waals surface area contributed by atoms with Gasteiger partial charge in [0.1, 0.15) is 0 Å². The van der Waals surface area contributed by atoms with Crippen molar-refractivity contribution in [3.8, 4) is 22.5 Å². The van der Waals surface area contributed by atoms with E-state index >= 15 is 0 Å². The summed E-state index contributed by atoms with van der Waals surface area (Å²) in [6.07, 6.45) is 3.71. The van der Waals surface area contributed by atoms with Crippen LogP contribution in [0, 0.1) is 19.1 Å². The molecule has 3 nitrogen and oxygen atoms in total. The number of hydrogen-bond donors (Lipinski definition) is 0. The van der Waals surface area contributed by atoms with Crippen LogP contribution in [0.3, 0.4) is 0 Å². The van der Waals surface area contributed by atoms with Gasteiger partial charge < -0.3 is 14.4 Å². The fraction of sp³-hybridized carbons (Fsp3) is 0.0244.